The molecule has 0 spiro atoms. The van der Waals surface area contributed by atoms with Crippen LogP contribution in [0.2, 0.25) is 10.2 Å². The maximum atomic E-state index is 11.1. The topological polar surface area (TPSA) is 50.2 Å². The van der Waals surface area contributed by atoms with E-state index >= 15 is 0 Å². The van der Waals surface area contributed by atoms with E-state index in [9.17, 15) is 4.79 Å². The monoisotopic (exact) mass is 341 g/mol. The highest BCUT2D eigenvalue weighted by molar-refractivity contribution is 7.98. The number of carboxylic acid groups (broad SMARTS) is 1. The van der Waals surface area contributed by atoms with Gasteiger partial charge in [-0.25, -0.2) is 9.78 Å². The molecule has 0 radical (unpaired) electrons. The first-order valence-electron chi connectivity index (χ1n) is 6.16. The number of benzene rings is 1. The summed E-state index contributed by atoms with van der Waals surface area (Å²) >= 11 is 13.8. The van der Waals surface area contributed by atoms with Crippen LogP contribution < -0.4 is 0 Å². The molecule has 0 saturated heterocycles. The molecule has 0 aliphatic heterocycles. The molecule has 0 atom stereocenters. The van der Waals surface area contributed by atoms with Crippen LogP contribution in [0.3, 0.4) is 0 Å². The summed E-state index contributed by atoms with van der Waals surface area (Å²) in [7, 11) is 0. The summed E-state index contributed by atoms with van der Waals surface area (Å²) < 4.78 is 0. The van der Waals surface area contributed by atoms with E-state index in [1.54, 1.807) is 25.1 Å². The number of hydrogen-bond acceptors (Lipinski definition) is 3. The molecule has 1 heterocycles. The van der Waals surface area contributed by atoms with Gasteiger partial charge in [0.1, 0.15) is 5.15 Å². The Labute approximate surface area is 137 Å². The molecular formula is C15H13Cl2NO2S. The van der Waals surface area contributed by atoms with Crippen molar-refractivity contribution < 1.29 is 9.90 Å². The molecule has 2 aromatic rings. The van der Waals surface area contributed by atoms with Crippen LogP contribution in [0.5, 0.6) is 0 Å². The molecule has 0 fully saturated rings. The summed E-state index contributed by atoms with van der Waals surface area (Å²) in [6.07, 6.45) is 0. The van der Waals surface area contributed by atoms with Gasteiger partial charge in [-0.05, 0) is 37.6 Å². The van der Waals surface area contributed by atoms with Crippen molar-refractivity contribution >= 4 is 40.9 Å². The maximum absolute atomic E-state index is 11.1. The van der Waals surface area contributed by atoms with E-state index in [1.807, 2.05) is 13.0 Å². The van der Waals surface area contributed by atoms with Gasteiger partial charge in [-0.3, -0.25) is 0 Å². The van der Waals surface area contributed by atoms with E-state index in [0.29, 0.717) is 21.5 Å². The first kappa shape index (κ1) is 16.1. The summed E-state index contributed by atoms with van der Waals surface area (Å²) in [5.74, 6) is -0.393. The summed E-state index contributed by atoms with van der Waals surface area (Å²) in [6, 6.07) is 7.10. The highest BCUT2D eigenvalue weighted by Gasteiger charge is 2.11. The van der Waals surface area contributed by atoms with Crippen molar-refractivity contribution in [3.63, 3.8) is 0 Å². The van der Waals surface area contributed by atoms with Gasteiger partial charge >= 0.3 is 5.97 Å². The highest BCUT2D eigenvalue weighted by Crippen LogP contribution is 2.31. The number of carbonyl (C=O) groups is 1. The number of carboxylic acids is 1. The van der Waals surface area contributed by atoms with Crippen molar-refractivity contribution in [1.82, 2.24) is 4.98 Å². The second kappa shape index (κ2) is 6.69. The van der Waals surface area contributed by atoms with Crippen molar-refractivity contribution in [2.75, 3.05) is 0 Å². The third-order valence-corrected chi connectivity index (χ3v) is 4.64. The number of thioether (sulfide) groups is 1. The van der Waals surface area contributed by atoms with Crippen molar-refractivity contribution in [3.8, 4) is 0 Å². The summed E-state index contributed by atoms with van der Waals surface area (Å²) in [5, 5.41) is 10.1. The van der Waals surface area contributed by atoms with Gasteiger partial charge in [-0.1, -0.05) is 29.3 Å². The molecule has 2 rings (SSSR count). The quantitative estimate of drug-likeness (QED) is 0.628. The SMILES string of the molecule is Cc1cc(Cl)c(CSc2ccc(C)c(C(=O)O)c2)c(Cl)n1. The Morgan fingerprint density at radius 2 is 2.00 bits per heavy atom. The number of halogens is 2. The lowest BCUT2D eigenvalue weighted by Crippen LogP contribution is -1.99. The van der Waals surface area contributed by atoms with Gasteiger partial charge in [0.25, 0.3) is 0 Å². The number of aromatic nitrogens is 1. The normalized spacial score (nSPS) is 10.7. The molecule has 1 aromatic carbocycles. The molecule has 0 aliphatic rings. The average Bonchev–Trinajstić information content (AvgIpc) is 2.38. The van der Waals surface area contributed by atoms with E-state index in [1.165, 1.54) is 11.8 Å². The summed E-state index contributed by atoms with van der Waals surface area (Å²) in [5.41, 5.74) is 2.56. The van der Waals surface area contributed by atoms with Crippen LogP contribution >= 0.6 is 35.0 Å². The second-order valence-corrected chi connectivity index (χ2v) is 6.40. The molecular weight excluding hydrogens is 329 g/mol. The van der Waals surface area contributed by atoms with Crippen LogP contribution in [0.25, 0.3) is 0 Å². The molecule has 0 unspecified atom stereocenters. The minimum Gasteiger partial charge on any atom is -0.478 e. The van der Waals surface area contributed by atoms with Crippen molar-refractivity contribution in [2.45, 2.75) is 24.5 Å². The van der Waals surface area contributed by atoms with E-state index in [-0.39, 0.29) is 0 Å². The van der Waals surface area contributed by atoms with Gasteiger partial charge in [0.05, 0.1) is 5.56 Å². The summed E-state index contributed by atoms with van der Waals surface area (Å²) in [6.45, 7) is 3.60. The maximum Gasteiger partial charge on any atom is 0.335 e. The standard InChI is InChI=1S/C15H13Cl2NO2S/c1-8-3-4-10(6-11(8)15(19)20)21-7-12-13(16)5-9(2)18-14(12)17/h3-6H,7H2,1-2H3,(H,19,20). The van der Waals surface area contributed by atoms with Crippen LogP contribution in [0.15, 0.2) is 29.2 Å². The fraction of sp³-hybridized carbons (Fsp3) is 0.200. The molecule has 1 N–H and O–H groups in total. The van der Waals surface area contributed by atoms with Gasteiger partial charge < -0.3 is 5.11 Å². The first-order valence-corrected chi connectivity index (χ1v) is 7.91. The third kappa shape index (κ3) is 3.90. The van der Waals surface area contributed by atoms with Gasteiger partial charge in [-0.15, -0.1) is 11.8 Å². The fourth-order valence-electron chi connectivity index (χ4n) is 1.83. The fourth-order valence-corrected chi connectivity index (χ4v) is 3.62. The Kier molecular flexibility index (Phi) is 5.14. The molecule has 0 amide bonds. The number of aryl methyl sites for hydroxylation is 2. The number of pyridine rings is 1. The van der Waals surface area contributed by atoms with Crippen LogP contribution in [0.4, 0.5) is 0 Å². The minimum absolute atomic E-state index is 0.305. The largest absolute Gasteiger partial charge is 0.478 e. The summed E-state index contributed by atoms with van der Waals surface area (Å²) in [4.78, 5) is 16.2. The number of nitrogens with zero attached hydrogens (tertiary/aromatic N) is 1. The Balaban J connectivity index is 2.21. The van der Waals surface area contributed by atoms with Crippen LogP contribution in [0, 0.1) is 13.8 Å². The van der Waals surface area contributed by atoms with E-state index < -0.39 is 5.97 Å². The molecule has 0 saturated carbocycles. The predicted molar refractivity (Wildman–Crippen MR) is 86.7 cm³/mol. The van der Waals surface area contributed by atoms with Gasteiger partial charge in [0.15, 0.2) is 0 Å². The Bertz CT molecular complexity index is 681. The Hall–Kier alpha value is -1.23. The molecule has 3 nitrogen and oxygen atoms in total. The van der Waals surface area contributed by atoms with Gasteiger partial charge in [0, 0.05) is 26.9 Å². The van der Waals surface area contributed by atoms with E-state index in [0.717, 1.165) is 21.7 Å². The second-order valence-electron chi connectivity index (χ2n) is 4.59. The Morgan fingerprint density at radius 1 is 1.29 bits per heavy atom. The zero-order chi connectivity index (χ0) is 15.6. The zero-order valence-electron chi connectivity index (χ0n) is 11.5. The number of rotatable bonds is 4. The predicted octanol–water partition coefficient (Wildman–Crippen LogP) is 5.00. The third-order valence-electron chi connectivity index (χ3n) is 2.97. The first-order chi connectivity index (χ1) is 9.88. The lowest BCUT2D eigenvalue weighted by Gasteiger charge is -2.09. The smallest absolute Gasteiger partial charge is 0.335 e. The van der Waals surface area contributed by atoms with Gasteiger partial charge in [-0.2, -0.15) is 0 Å². The lowest BCUT2D eigenvalue weighted by molar-refractivity contribution is 0.0696. The minimum atomic E-state index is -0.928. The van der Waals surface area contributed by atoms with Gasteiger partial charge in [0.2, 0.25) is 0 Å². The molecule has 6 heteroatoms. The van der Waals surface area contributed by atoms with Crippen molar-refractivity contribution in [2.24, 2.45) is 0 Å². The lowest BCUT2D eigenvalue weighted by atomic mass is 10.1. The zero-order valence-corrected chi connectivity index (χ0v) is 13.8. The highest BCUT2D eigenvalue weighted by atomic mass is 35.5. The van der Waals surface area contributed by atoms with Crippen LogP contribution in [-0.4, -0.2) is 16.1 Å². The number of hydrogen-bond donors (Lipinski definition) is 1. The van der Waals surface area contributed by atoms with E-state index in [2.05, 4.69) is 4.98 Å². The molecule has 21 heavy (non-hydrogen) atoms. The van der Waals surface area contributed by atoms with Crippen LogP contribution in [0.1, 0.15) is 27.2 Å². The Morgan fingerprint density at radius 3 is 2.62 bits per heavy atom. The van der Waals surface area contributed by atoms with Crippen molar-refractivity contribution in [1.29, 1.82) is 0 Å². The van der Waals surface area contributed by atoms with E-state index in [4.69, 9.17) is 28.3 Å². The van der Waals surface area contributed by atoms with Crippen molar-refractivity contribution in [3.05, 3.63) is 56.8 Å². The molecule has 0 aliphatic carbocycles. The molecule has 0 bridgehead atoms. The molecule has 1 aromatic heterocycles. The average molecular weight is 342 g/mol. The number of aromatic carboxylic acids is 1. The van der Waals surface area contributed by atoms with Crippen LogP contribution in [-0.2, 0) is 5.75 Å². The molecule has 110 valence electrons.